The molecule has 0 saturated carbocycles. The van der Waals surface area contributed by atoms with Crippen LogP contribution in [-0.2, 0) is 27.9 Å². The monoisotopic (exact) mass is 701 g/mol. The molecular formula is C38H72NO8P. The lowest BCUT2D eigenvalue weighted by Gasteiger charge is -2.15. The summed E-state index contributed by atoms with van der Waals surface area (Å²) in [5, 5.41) is 12.5. The highest BCUT2D eigenvalue weighted by atomic mass is 31.2. The van der Waals surface area contributed by atoms with Crippen LogP contribution in [0.3, 0.4) is 0 Å². The Labute approximate surface area is 293 Å². The average molecular weight is 702 g/mol. The Hall–Kier alpha value is -1.51. The van der Waals surface area contributed by atoms with Gasteiger partial charge in [-0.1, -0.05) is 141 Å². The molecule has 0 aromatic heterocycles. The minimum absolute atomic E-state index is 0.0830. The van der Waals surface area contributed by atoms with Crippen LogP contribution < -0.4 is 5.32 Å². The summed E-state index contributed by atoms with van der Waals surface area (Å²) in [6.07, 6.45) is 36.1. The summed E-state index contributed by atoms with van der Waals surface area (Å²) in [4.78, 5) is 33.4. The first-order chi connectivity index (χ1) is 23.3. The van der Waals surface area contributed by atoms with Crippen LogP contribution in [0.2, 0.25) is 0 Å². The van der Waals surface area contributed by atoms with Gasteiger partial charge in [0.25, 0.3) is 0 Å². The fraction of sp³-hybridized carbons (Fsp3) is 0.842. The molecule has 0 aromatic rings. The van der Waals surface area contributed by atoms with Crippen LogP contribution in [0.15, 0.2) is 24.3 Å². The predicted molar refractivity (Wildman–Crippen MR) is 197 cm³/mol. The summed E-state index contributed by atoms with van der Waals surface area (Å²) in [7, 11) is -4.40. The van der Waals surface area contributed by atoms with E-state index in [9.17, 15) is 24.2 Å². The highest BCUT2D eigenvalue weighted by molar-refractivity contribution is 7.47. The Kier molecular flexibility index (Phi) is 34.2. The Bertz CT molecular complexity index is 851. The molecule has 2 unspecified atom stereocenters. The van der Waals surface area contributed by atoms with E-state index in [1.807, 2.05) is 0 Å². The molecule has 0 aliphatic heterocycles. The minimum Gasteiger partial charge on any atom is -0.463 e. The number of rotatable bonds is 36. The van der Waals surface area contributed by atoms with E-state index in [4.69, 9.17) is 13.8 Å². The standard InChI is InChI=1S/C38H72NO8P/c1-3-5-7-9-10-11-12-13-14-15-16-17-18-19-20-21-22-23-24-25-26-27-28-30-37(41)39-32-33-46-48(43,44)47-35-36(40)34-45-38(42)31-29-8-6-4-2/h10-11,13-14,36,40H,3-9,12,15-35H2,1-2H3,(H,39,41)(H,43,44)/b11-10-,14-13-. The van der Waals surface area contributed by atoms with Crippen molar-refractivity contribution in [3.63, 3.8) is 0 Å². The van der Waals surface area contributed by atoms with Crippen LogP contribution in [-0.4, -0.2) is 54.3 Å². The lowest BCUT2D eigenvalue weighted by atomic mass is 10.0. The summed E-state index contributed by atoms with van der Waals surface area (Å²) in [5.74, 6) is -0.533. The number of aliphatic hydroxyl groups is 1. The van der Waals surface area contributed by atoms with Gasteiger partial charge in [-0.3, -0.25) is 18.6 Å². The van der Waals surface area contributed by atoms with E-state index in [0.717, 1.165) is 51.4 Å². The number of phosphoric acid groups is 1. The second-order valence-electron chi connectivity index (χ2n) is 12.9. The van der Waals surface area contributed by atoms with Crippen LogP contribution in [0.25, 0.3) is 0 Å². The van der Waals surface area contributed by atoms with E-state index < -0.39 is 26.5 Å². The van der Waals surface area contributed by atoms with Crippen LogP contribution in [0.1, 0.15) is 174 Å². The maximum absolute atomic E-state index is 12.0. The minimum atomic E-state index is -4.40. The molecule has 0 spiro atoms. The van der Waals surface area contributed by atoms with Gasteiger partial charge in [-0.05, 0) is 44.9 Å². The van der Waals surface area contributed by atoms with Gasteiger partial charge in [0.05, 0.1) is 13.2 Å². The van der Waals surface area contributed by atoms with Crippen molar-refractivity contribution in [1.29, 1.82) is 0 Å². The lowest BCUT2D eigenvalue weighted by Crippen LogP contribution is -2.27. The second kappa shape index (κ2) is 35.3. The van der Waals surface area contributed by atoms with Crippen molar-refractivity contribution in [2.45, 2.75) is 180 Å². The van der Waals surface area contributed by atoms with Crippen molar-refractivity contribution in [2.75, 3.05) is 26.4 Å². The molecule has 0 radical (unpaired) electrons. The molecule has 3 N–H and O–H groups in total. The van der Waals surface area contributed by atoms with Gasteiger partial charge in [-0.2, -0.15) is 0 Å². The van der Waals surface area contributed by atoms with Crippen LogP contribution in [0.4, 0.5) is 0 Å². The van der Waals surface area contributed by atoms with E-state index in [1.54, 1.807) is 0 Å². The molecule has 0 heterocycles. The third-order valence-electron chi connectivity index (χ3n) is 8.13. The van der Waals surface area contributed by atoms with Crippen molar-refractivity contribution in [3.05, 3.63) is 24.3 Å². The zero-order valence-electron chi connectivity index (χ0n) is 30.7. The number of allylic oxidation sites excluding steroid dienone is 4. The molecule has 0 saturated heterocycles. The van der Waals surface area contributed by atoms with E-state index >= 15 is 0 Å². The van der Waals surface area contributed by atoms with Crippen molar-refractivity contribution in [2.24, 2.45) is 0 Å². The highest BCUT2D eigenvalue weighted by Gasteiger charge is 2.23. The molecule has 0 rings (SSSR count). The summed E-state index contributed by atoms with van der Waals surface area (Å²) in [6.45, 7) is 3.38. The zero-order valence-corrected chi connectivity index (χ0v) is 31.6. The number of carbonyl (C=O) groups excluding carboxylic acids is 2. The van der Waals surface area contributed by atoms with E-state index in [2.05, 4.69) is 43.5 Å². The smallest absolute Gasteiger partial charge is 0.463 e. The van der Waals surface area contributed by atoms with E-state index in [0.29, 0.717) is 6.42 Å². The number of amides is 1. The largest absolute Gasteiger partial charge is 0.472 e. The van der Waals surface area contributed by atoms with Crippen molar-refractivity contribution in [3.8, 4) is 0 Å². The summed E-state index contributed by atoms with van der Waals surface area (Å²) in [5.41, 5.74) is 0. The number of carbonyl (C=O) groups is 2. The number of aliphatic hydroxyl groups excluding tert-OH is 1. The van der Waals surface area contributed by atoms with Crippen molar-refractivity contribution in [1.82, 2.24) is 5.32 Å². The molecule has 1 amide bonds. The number of nitrogens with one attached hydrogen (secondary N) is 1. The Morgan fingerprint density at radius 1 is 0.646 bits per heavy atom. The molecule has 282 valence electrons. The second-order valence-corrected chi connectivity index (χ2v) is 14.4. The third kappa shape index (κ3) is 35.8. The maximum Gasteiger partial charge on any atom is 0.472 e. The molecule has 0 fully saturated rings. The summed E-state index contributed by atoms with van der Waals surface area (Å²) in [6, 6.07) is 0. The van der Waals surface area contributed by atoms with Gasteiger partial charge in [-0.25, -0.2) is 4.57 Å². The molecule has 0 aromatic carbocycles. The SMILES string of the molecule is CCCCC/C=C\C/C=C\CCCCCCCCCCCCCCCC(=O)NCCOP(=O)(O)OCC(O)COC(=O)CCCCCC. The van der Waals surface area contributed by atoms with Crippen LogP contribution >= 0.6 is 7.82 Å². The average Bonchev–Trinajstić information content (AvgIpc) is 3.07. The molecule has 48 heavy (non-hydrogen) atoms. The first-order valence-electron chi connectivity index (χ1n) is 19.3. The molecule has 0 aliphatic rings. The first-order valence-corrected chi connectivity index (χ1v) is 20.8. The van der Waals surface area contributed by atoms with Gasteiger partial charge >= 0.3 is 13.8 Å². The number of unbranched alkanes of at least 4 members (excludes halogenated alkanes) is 19. The molecule has 0 bridgehead atoms. The number of hydrogen-bond donors (Lipinski definition) is 3. The van der Waals surface area contributed by atoms with Gasteiger partial charge < -0.3 is 20.1 Å². The fourth-order valence-corrected chi connectivity index (χ4v) is 5.93. The fourth-order valence-electron chi connectivity index (χ4n) is 5.17. The lowest BCUT2D eigenvalue weighted by molar-refractivity contribution is -0.147. The quantitative estimate of drug-likeness (QED) is 0.0255. The molecule has 9 nitrogen and oxygen atoms in total. The Morgan fingerprint density at radius 2 is 1.12 bits per heavy atom. The first kappa shape index (κ1) is 46.5. The van der Waals surface area contributed by atoms with Crippen LogP contribution in [0.5, 0.6) is 0 Å². The summed E-state index contributed by atoms with van der Waals surface area (Å²) >= 11 is 0. The number of phosphoric ester groups is 1. The maximum atomic E-state index is 12.0. The number of ether oxygens (including phenoxy) is 1. The van der Waals surface area contributed by atoms with Gasteiger partial charge in [0.15, 0.2) is 0 Å². The van der Waals surface area contributed by atoms with E-state index in [-0.39, 0.29) is 32.1 Å². The molecule has 0 aliphatic carbocycles. The van der Waals surface area contributed by atoms with Gasteiger partial charge in [-0.15, -0.1) is 0 Å². The van der Waals surface area contributed by atoms with Gasteiger partial charge in [0, 0.05) is 19.4 Å². The summed E-state index contributed by atoms with van der Waals surface area (Å²) < 4.78 is 26.5. The normalized spacial score (nSPS) is 13.7. The van der Waals surface area contributed by atoms with Crippen molar-refractivity contribution < 1.29 is 37.9 Å². The predicted octanol–water partition coefficient (Wildman–Crippen LogP) is 10.0. The van der Waals surface area contributed by atoms with Crippen molar-refractivity contribution >= 4 is 19.7 Å². The third-order valence-corrected chi connectivity index (χ3v) is 9.12. The number of esters is 1. The molecule has 10 heteroatoms. The zero-order chi connectivity index (χ0) is 35.4. The number of hydrogen-bond acceptors (Lipinski definition) is 7. The van der Waals surface area contributed by atoms with Crippen LogP contribution in [0, 0.1) is 0 Å². The van der Waals surface area contributed by atoms with Gasteiger partial charge in [0.2, 0.25) is 5.91 Å². The molecular weight excluding hydrogens is 629 g/mol. The topological polar surface area (TPSA) is 131 Å². The van der Waals surface area contributed by atoms with E-state index in [1.165, 1.54) is 96.3 Å². The highest BCUT2D eigenvalue weighted by Crippen LogP contribution is 2.42. The Balaban J connectivity index is 3.50. The Morgan fingerprint density at radius 3 is 1.71 bits per heavy atom. The molecule has 2 atom stereocenters. The van der Waals surface area contributed by atoms with Gasteiger partial charge in [0.1, 0.15) is 12.7 Å².